The van der Waals surface area contributed by atoms with Gasteiger partial charge >= 0.3 is 5.97 Å². The highest BCUT2D eigenvalue weighted by Crippen LogP contribution is 2.33. The van der Waals surface area contributed by atoms with E-state index in [-0.39, 0.29) is 17.6 Å². The molecule has 1 saturated carbocycles. The zero-order chi connectivity index (χ0) is 11.6. The minimum Gasteiger partial charge on any atom is -0.459 e. The summed E-state index contributed by atoms with van der Waals surface area (Å²) in [5.41, 5.74) is -0.388. The van der Waals surface area contributed by atoms with Crippen LogP contribution in [0.15, 0.2) is 0 Å². The van der Waals surface area contributed by atoms with Crippen LogP contribution in [0.5, 0.6) is 0 Å². The SMILES string of the molecule is CCC1CC1NC(C)C(=O)OC(C)(C)C. The van der Waals surface area contributed by atoms with Crippen LogP contribution in [0, 0.1) is 5.92 Å². The van der Waals surface area contributed by atoms with Crippen LogP contribution < -0.4 is 5.32 Å². The van der Waals surface area contributed by atoms with E-state index in [0.29, 0.717) is 6.04 Å². The molecule has 88 valence electrons. The van der Waals surface area contributed by atoms with E-state index in [1.807, 2.05) is 27.7 Å². The fraction of sp³-hybridized carbons (Fsp3) is 0.917. The Balaban J connectivity index is 2.28. The van der Waals surface area contributed by atoms with Crippen LogP contribution in [-0.2, 0) is 9.53 Å². The van der Waals surface area contributed by atoms with Gasteiger partial charge in [0.05, 0.1) is 0 Å². The topological polar surface area (TPSA) is 38.3 Å². The molecule has 3 unspecified atom stereocenters. The van der Waals surface area contributed by atoms with Crippen LogP contribution in [0.4, 0.5) is 0 Å². The van der Waals surface area contributed by atoms with Crippen LogP contribution >= 0.6 is 0 Å². The summed E-state index contributed by atoms with van der Waals surface area (Å²) >= 11 is 0. The predicted molar refractivity (Wildman–Crippen MR) is 60.6 cm³/mol. The summed E-state index contributed by atoms with van der Waals surface area (Å²) in [6, 6.07) is 0.336. The molecule has 0 aliphatic heterocycles. The monoisotopic (exact) mass is 213 g/mol. The molecule has 0 aromatic carbocycles. The smallest absolute Gasteiger partial charge is 0.323 e. The molecular weight excluding hydrogens is 190 g/mol. The van der Waals surface area contributed by atoms with Crippen molar-refractivity contribution in [3.63, 3.8) is 0 Å². The van der Waals surface area contributed by atoms with Crippen LogP contribution in [-0.4, -0.2) is 23.7 Å². The van der Waals surface area contributed by atoms with E-state index in [2.05, 4.69) is 12.2 Å². The first-order valence-corrected chi connectivity index (χ1v) is 5.82. The number of rotatable bonds is 4. The van der Waals surface area contributed by atoms with Gasteiger partial charge in [-0.25, -0.2) is 0 Å². The molecular formula is C12H23NO2. The number of carbonyl (C=O) groups excluding carboxylic acids is 1. The molecule has 0 spiro atoms. The van der Waals surface area contributed by atoms with E-state index in [4.69, 9.17) is 4.74 Å². The van der Waals surface area contributed by atoms with E-state index in [0.717, 1.165) is 5.92 Å². The highest BCUT2D eigenvalue weighted by Gasteiger charge is 2.37. The fourth-order valence-electron chi connectivity index (χ4n) is 1.68. The van der Waals surface area contributed by atoms with Gasteiger partial charge in [0.2, 0.25) is 0 Å². The van der Waals surface area contributed by atoms with Crippen LogP contribution in [0.3, 0.4) is 0 Å². The maximum absolute atomic E-state index is 11.6. The lowest BCUT2D eigenvalue weighted by atomic mass is 10.2. The average molecular weight is 213 g/mol. The Kier molecular flexibility index (Phi) is 3.77. The summed E-state index contributed by atoms with van der Waals surface area (Å²) in [4.78, 5) is 11.6. The van der Waals surface area contributed by atoms with Crippen molar-refractivity contribution >= 4 is 5.97 Å². The predicted octanol–water partition coefficient (Wildman–Crippen LogP) is 2.10. The molecule has 0 aromatic heterocycles. The Morgan fingerprint density at radius 1 is 1.53 bits per heavy atom. The van der Waals surface area contributed by atoms with Gasteiger partial charge in [-0.05, 0) is 40.0 Å². The van der Waals surface area contributed by atoms with E-state index in [1.165, 1.54) is 12.8 Å². The third-order valence-electron chi connectivity index (χ3n) is 2.67. The van der Waals surface area contributed by atoms with E-state index in [9.17, 15) is 4.79 Å². The highest BCUT2D eigenvalue weighted by molar-refractivity contribution is 5.75. The molecule has 0 aromatic rings. The Hall–Kier alpha value is -0.570. The maximum Gasteiger partial charge on any atom is 0.323 e. The number of esters is 1. The van der Waals surface area contributed by atoms with Gasteiger partial charge in [-0.15, -0.1) is 0 Å². The molecule has 0 radical (unpaired) electrons. The average Bonchev–Trinajstić information content (AvgIpc) is 2.80. The third-order valence-corrected chi connectivity index (χ3v) is 2.67. The molecule has 3 nitrogen and oxygen atoms in total. The van der Waals surface area contributed by atoms with Gasteiger partial charge in [0, 0.05) is 6.04 Å². The molecule has 15 heavy (non-hydrogen) atoms. The summed E-state index contributed by atoms with van der Waals surface area (Å²) < 4.78 is 5.30. The zero-order valence-corrected chi connectivity index (χ0v) is 10.5. The number of ether oxygens (including phenoxy) is 1. The second-order valence-electron chi connectivity index (χ2n) is 5.43. The first kappa shape index (κ1) is 12.5. The lowest BCUT2D eigenvalue weighted by Gasteiger charge is -2.22. The molecule has 1 fully saturated rings. The number of carbonyl (C=O) groups is 1. The maximum atomic E-state index is 11.6. The standard InChI is InChI=1S/C12H23NO2/c1-6-9-7-10(9)13-8(2)11(14)15-12(3,4)5/h8-10,13H,6-7H2,1-5H3. The Morgan fingerprint density at radius 2 is 2.13 bits per heavy atom. The molecule has 3 atom stereocenters. The summed E-state index contributed by atoms with van der Waals surface area (Å²) in [6.07, 6.45) is 2.39. The quantitative estimate of drug-likeness (QED) is 0.727. The van der Waals surface area contributed by atoms with Crippen molar-refractivity contribution in [2.45, 2.75) is 65.1 Å². The Labute approximate surface area is 92.6 Å². The van der Waals surface area contributed by atoms with Crippen molar-refractivity contribution in [3.05, 3.63) is 0 Å². The van der Waals surface area contributed by atoms with Crippen LogP contribution in [0.2, 0.25) is 0 Å². The zero-order valence-electron chi connectivity index (χ0n) is 10.5. The van der Waals surface area contributed by atoms with E-state index in [1.54, 1.807) is 0 Å². The number of hydrogen-bond acceptors (Lipinski definition) is 3. The molecule has 1 aliphatic rings. The van der Waals surface area contributed by atoms with E-state index >= 15 is 0 Å². The molecule has 0 heterocycles. The molecule has 0 bridgehead atoms. The highest BCUT2D eigenvalue weighted by atomic mass is 16.6. The molecule has 1 N–H and O–H groups in total. The molecule has 1 aliphatic carbocycles. The van der Waals surface area contributed by atoms with E-state index < -0.39 is 0 Å². The normalized spacial score (nSPS) is 27.3. The largest absolute Gasteiger partial charge is 0.459 e. The van der Waals surface area contributed by atoms with Crippen LogP contribution in [0.25, 0.3) is 0 Å². The minimum absolute atomic E-state index is 0.149. The van der Waals surface area contributed by atoms with Crippen molar-refractivity contribution in [1.29, 1.82) is 0 Å². The van der Waals surface area contributed by atoms with Crippen molar-refractivity contribution in [3.8, 4) is 0 Å². The third kappa shape index (κ3) is 4.20. The van der Waals surface area contributed by atoms with Gasteiger partial charge in [0.1, 0.15) is 11.6 Å². The fourth-order valence-corrected chi connectivity index (χ4v) is 1.68. The van der Waals surface area contributed by atoms with Gasteiger partial charge < -0.3 is 10.1 Å². The summed E-state index contributed by atoms with van der Waals surface area (Å²) in [5, 5.41) is 3.30. The molecule has 0 saturated heterocycles. The van der Waals surface area contributed by atoms with Gasteiger partial charge in [0.25, 0.3) is 0 Å². The second-order valence-corrected chi connectivity index (χ2v) is 5.43. The van der Waals surface area contributed by atoms with Crippen molar-refractivity contribution < 1.29 is 9.53 Å². The number of nitrogens with one attached hydrogen (secondary N) is 1. The lowest BCUT2D eigenvalue weighted by molar-refractivity contribution is -0.157. The molecule has 1 rings (SSSR count). The van der Waals surface area contributed by atoms with Gasteiger partial charge in [-0.3, -0.25) is 4.79 Å². The minimum atomic E-state index is -0.388. The summed E-state index contributed by atoms with van der Waals surface area (Å²) in [5.74, 6) is 0.610. The van der Waals surface area contributed by atoms with Crippen molar-refractivity contribution in [2.75, 3.05) is 0 Å². The number of hydrogen-bond donors (Lipinski definition) is 1. The van der Waals surface area contributed by atoms with Crippen molar-refractivity contribution in [1.82, 2.24) is 5.32 Å². The second kappa shape index (κ2) is 4.52. The first-order chi connectivity index (χ1) is 6.83. The van der Waals surface area contributed by atoms with Crippen LogP contribution in [0.1, 0.15) is 47.5 Å². The lowest BCUT2D eigenvalue weighted by Crippen LogP contribution is -2.40. The van der Waals surface area contributed by atoms with Gasteiger partial charge in [-0.1, -0.05) is 13.3 Å². The van der Waals surface area contributed by atoms with Crippen molar-refractivity contribution in [2.24, 2.45) is 5.92 Å². The summed E-state index contributed by atoms with van der Waals surface area (Å²) in [6.45, 7) is 9.74. The Morgan fingerprint density at radius 3 is 2.53 bits per heavy atom. The Bertz CT molecular complexity index is 232. The van der Waals surface area contributed by atoms with Gasteiger partial charge in [0.15, 0.2) is 0 Å². The van der Waals surface area contributed by atoms with Gasteiger partial charge in [-0.2, -0.15) is 0 Å². The first-order valence-electron chi connectivity index (χ1n) is 5.82. The molecule has 3 heteroatoms. The summed E-state index contributed by atoms with van der Waals surface area (Å²) in [7, 11) is 0. The molecule has 0 amide bonds.